The summed E-state index contributed by atoms with van der Waals surface area (Å²) in [6.07, 6.45) is 0. The Morgan fingerprint density at radius 1 is 1.00 bits per heavy atom. The fourth-order valence-corrected chi connectivity index (χ4v) is 0. The summed E-state index contributed by atoms with van der Waals surface area (Å²) >= 11 is -1.92. The first kappa shape index (κ1) is 10.2. The zero-order valence-electron chi connectivity index (χ0n) is 1.63. The molecule has 0 nitrogen and oxygen atoms in total. The van der Waals surface area contributed by atoms with Crippen LogP contribution in [0.4, 0.5) is 0 Å². The van der Waals surface area contributed by atoms with E-state index in [1.54, 1.807) is 0 Å². The molecule has 0 aliphatic heterocycles. The molecule has 0 aliphatic carbocycles. The van der Waals surface area contributed by atoms with E-state index in [9.17, 15) is 0 Å². The van der Waals surface area contributed by atoms with Gasteiger partial charge in [-0.3, -0.25) is 0 Å². The Morgan fingerprint density at radius 3 is 1.00 bits per heavy atom. The van der Waals surface area contributed by atoms with Gasteiger partial charge in [-0.05, 0) is 0 Å². The van der Waals surface area contributed by atoms with Crippen molar-refractivity contribution < 1.29 is 14.7 Å². The number of rotatable bonds is 0. The summed E-state index contributed by atoms with van der Waals surface area (Å²) in [4.78, 5) is 0. The van der Waals surface area contributed by atoms with E-state index in [2.05, 4.69) is 0 Å². The van der Waals surface area contributed by atoms with Crippen molar-refractivity contribution in [3.05, 3.63) is 0 Å². The molecule has 0 aromatic heterocycles. The van der Waals surface area contributed by atoms with Crippen molar-refractivity contribution in [1.29, 1.82) is 0 Å². The van der Waals surface area contributed by atoms with Crippen LogP contribution in [0.3, 0.4) is 0 Å². The molecule has 0 rings (SSSR count). The van der Waals surface area contributed by atoms with E-state index < -0.39 is 14.7 Å². The summed E-state index contributed by atoms with van der Waals surface area (Å²) in [5, 5.41) is 0. The van der Waals surface area contributed by atoms with Crippen molar-refractivity contribution in [3.8, 4) is 0 Å². The predicted molar refractivity (Wildman–Crippen MR) is 27.5 cm³/mol. The average molecular weight is 184 g/mol. The fraction of sp³-hybridized carbons (Fsp3) is 0. The van der Waals surface area contributed by atoms with Crippen LogP contribution in [0.5, 0.6) is 0 Å². The standard InChI is InChI=1S/Al.3ClH.Ti.3H/h;3*1H;;;;/q;;;;+3;;;/p-3. The van der Waals surface area contributed by atoms with Crippen LogP contribution in [0.1, 0.15) is 0 Å². The van der Waals surface area contributed by atoms with Gasteiger partial charge in [-0.2, -0.15) is 0 Å². The van der Waals surface area contributed by atoms with E-state index in [1.807, 2.05) is 0 Å². The van der Waals surface area contributed by atoms with Gasteiger partial charge >= 0.3 is 42.6 Å². The van der Waals surface area contributed by atoms with Gasteiger partial charge in [-0.25, -0.2) is 0 Å². The van der Waals surface area contributed by atoms with Crippen molar-refractivity contribution in [1.82, 2.24) is 0 Å². The van der Waals surface area contributed by atoms with Crippen molar-refractivity contribution in [2.45, 2.75) is 0 Å². The van der Waals surface area contributed by atoms with E-state index in [1.165, 1.54) is 0 Å². The van der Waals surface area contributed by atoms with Crippen molar-refractivity contribution in [2.75, 3.05) is 0 Å². The van der Waals surface area contributed by atoms with Gasteiger partial charge in [0.15, 0.2) is 17.4 Å². The first-order valence-corrected chi connectivity index (χ1v) is 7.01. The normalized spacial score (nSPS) is 5.40. The molecule has 0 unspecified atom stereocenters. The summed E-state index contributed by atoms with van der Waals surface area (Å²) < 4.78 is 0. The third-order valence-corrected chi connectivity index (χ3v) is 0. The molecular weight excluding hydrogens is 181 g/mol. The molecule has 0 radical (unpaired) electrons. The Kier molecular flexibility index (Phi) is 12.4. The maximum atomic E-state index is 4.97. The van der Waals surface area contributed by atoms with Gasteiger partial charge in [0.25, 0.3) is 0 Å². The van der Waals surface area contributed by atoms with E-state index in [4.69, 9.17) is 27.9 Å². The maximum absolute atomic E-state index is 4.97. The van der Waals surface area contributed by atoms with E-state index in [-0.39, 0.29) is 17.4 Å². The molecule has 5 heteroatoms. The molecule has 0 bridgehead atoms. The molecule has 0 N–H and O–H groups in total. The van der Waals surface area contributed by atoms with Crippen LogP contribution in [0.2, 0.25) is 0 Å². The average Bonchev–Trinajstić information content (AvgIpc) is 0.811. The topological polar surface area (TPSA) is 0 Å². The van der Waals surface area contributed by atoms with Crippen molar-refractivity contribution in [3.63, 3.8) is 0 Å². The van der Waals surface area contributed by atoms with Crippen LogP contribution < -0.4 is 0 Å². The molecule has 0 saturated heterocycles. The third kappa shape index (κ3) is 23.1. The second-order valence-electron chi connectivity index (χ2n) is 0.214. The molecule has 0 aliphatic rings. The Bertz CT molecular complexity index is 11.6. The molecule has 0 saturated carbocycles. The molecular formula is H3AlCl3Ti. The van der Waals surface area contributed by atoms with Gasteiger partial charge in [0, 0.05) is 0 Å². The van der Waals surface area contributed by atoms with Gasteiger partial charge < -0.3 is 0 Å². The van der Waals surface area contributed by atoms with Gasteiger partial charge in [0.1, 0.15) is 0 Å². The van der Waals surface area contributed by atoms with Gasteiger partial charge in [-0.1, -0.05) is 0 Å². The van der Waals surface area contributed by atoms with Crippen molar-refractivity contribution >= 4 is 45.3 Å². The number of halogens is 3. The number of hydrogen-bond donors (Lipinski definition) is 0. The molecule has 0 fully saturated rings. The molecule has 5 heavy (non-hydrogen) atoms. The Balaban J connectivity index is 0. The van der Waals surface area contributed by atoms with Crippen LogP contribution >= 0.6 is 27.9 Å². The molecule has 0 amide bonds. The third-order valence-electron chi connectivity index (χ3n) is 0. The molecule has 0 heterocycles. The van der Waals surface area contributed by atoms with Crippen LogP contribution in [0.15, 0.2) is 0 Å². The van der Waals surface area contributed by atoms with Gasteiger partial charge in [0.2, 0.25) is 0 Å². The van der Waals surface area contributed by atoms with Gasteiger partial charge in [0.05, 0.1) is 0 Å². The van der Waals surface area contributed by atoms with Crippen LogP contribution in [-0.2, 0) is 14.7 Å². The molecule has 0 aromatic carbocycles. The van der Waals surface area contributed by atoms with Gasteiger partial charge in [-0.15, -0.1) is 0 Å². The number of hydrogen-bond acceptors (Lipinski definition) is 0. The first-order chi connectivity index (χ1) is 1.73. The zero-order valence-corrected chi connectivity index (χ0v) is 5.46. The Morgan fingerprint density at radius 2 is 1.00 bits per heavy atom. The molecule has 0 atom stereocenters. The van der Waals surface area contributed by atoms with E-state index >= 15 is 0 Å². The second-order valence-corrected chi connectivity index (χ2v) is 7.95. The van der Waals surface area contributed by atoms with Crippen molar-refractivity contribution in [2.24, 2.45) is 0 Å². The van der Waals surface area contributed by atoms with E-state index in [0.29, 0.717) is 0 Å². The minimum atomic E-state index is -1.92. The van der Waals surface area contributed by atoms with E-state index in [0.717, 1.165) is 0 Å². The molecule has 0 spiro atoms. The summed E-state index contributed by atoms with van der Waals surface area (Å²) in [6.45, 7) is 0. The minimum absolute atomic E-state index is 0. The predicted octanol–water partition coefficient (Wildman–Crippen LogP) is 0.882. The molecule has 0 aromatic rings. The molecule has 31 valence electrons. The van der Waals surface area contributed by atoms with Crippen LogP contribution in [0, 0.1) is 0 Å². The summed E-state index contributed by atoms with van der Waals surface area (Å²) in [7, 11) is 14.9. The van der Waals surface area contributed by atoms with Crippen LogP contribution in [0.25, 0.3) is 0 Å². The quantitative estimate of drug-likeness (QED) is 0.490. The van der Waals surface area contributed by atoms with Crippen LogP contribution in [-0.4, -0.2) is 17.4 Å². The SMILES string of the molecule is [AlH3].[Cl][Ti]([Cl])[Cl]. The zero-order chi connectivity index (χ0) is 3.58. The Labute approximate surface area is 59.4 Å². The summed E-state index contributed by atoms with van der Waals surface area (Å²) in [5.41, 5.74) is 0. The fourth-order valence-electron chi connectivity index (χ4n) is 0. The summed E-state index contributed by atoms with van der Waals surface area (Å²) in [5.74, 6) is 0. The second kappa shape index (κ2) is 6.12. The Hall–Kier alpha value is 2.12. The summed E-state index contributed by atoms with van der Waals surface area (Å²) in [6, 6.07) is 0. The monoisotopic (exact) mass is 183 g/mol. The first-order valence-electron chi connectivity index (χ1n) is 0.567.